The zero-order valence-electron chi connectivity index (χ0n) is 13.2. The van der Waals surface area contributed by atoms with Crippen molar-refractivity contribution in [2.75, 3.05) is 18.5 Å². The Kier molecular flexibility index (Phi) is 5.46. The molecule has 122 valence electrons. The summed E-state index contributed by atoms with van der Waals surface area (Å²) in [6.07, 6.45) is 4.87. The fourth-order valence-corrected chi connectivity index (χ4v) is 2.16. The number of hydrogen-bond acceptors (Lipinski definition) is 5. The highest BCUT2D eigenvalue weighted by molar-refractivity contribution is 5.93. The van der Waals surface area contributed by atoms with Gasteiger partial charge in [-0.3, -0.25) is 14.9 Å². The molecule has 1 aromatic rings. The number of ketones is 1. The van der Waals surface area contributed by atoms with Crippen LogP contribution in [0.2, 0.25) is 0 Å². The maximum absolute atomic E-state index is 12.0. The maximum atomic E-state index is 12.0. The summed E-state index contributed by atoms with van der Waals surface area (Å²) in [4.78, 5) is 40.1. The molecule has 2 rings (SSSR count). The van der Waals surface area contributed by atoms with E-state index in [2.05, 4.69) is 10.3 Å². The number of allylic oxidation sites excluding steroid dienone is 1. The van der Waals surface area contributed by atoms with Gasteiger partial charge >= 0.3 is 12.0 Å². The standard InChI is InChI=1S/C16H19N3O4/c1-3-23-14(21)6-7-19-10-13-8-12(5-4-11(2)20)9-17-15(13)18-16(19)22/h4-5,8-9H,3,6-7,10H2,1-2H3,(H,17,18,22)/b5-4+. The number of hydrogen-bond donors (Lipinski definition) is 1. The first-order valence-corrected chi connectivity index (χ1v) is 7.38. The van der Waals surface area contributed by atoms with Crippen molar-refractivity contribution >= 4 is 29.7 Å². The van der Waals surface area contributed by atoms with Crippen LogP contribution < -0.4 is 5.32 Å². The van der Waals surface area contributed by atoms with Gasteiger partial charge in [0.1, 0.15) is 5.82 Å². The van der Waals surface area contributed by atoms with E-state index in [-0.39, 0.29) is 30.7 Å². The molecule has 0 unspecified atom stereocenters. The van der Waals surface area contributed by atoms with Crippen LogP contribution in [0, 0.1) is 0 Å². The van der Waals surface area contributed by atoms with E-state index >= 15 is 0 Å². The summed E-state index contributed by atoms with van der Waals surface area (Å²) in [5.74, 6) is 0.122. The zero-order valence-corrected chi connectivity index (χ0v) is 13.2. The molecule has 23 heavy (non-hydrogen) atoms. The average Bonchev–Trinajstić information content (AvgIpc) is 2.51. The molecule has 0 saturated heterocycles. The highest BCUT2D eigenvalue weighted by Gasteiger charge is 2.24. The lowest BCUT2D eigenvalue weighted by Gasteiger charge is -2.28. The summed E-state index contributed by atoms with van der Waals surface area (Å²) < 4.78 is 4.86. The van der Waals surface area contributed by atoms with Crippen LogP contribution in [0.15, 0.2) is 18.3 Å². The van der Waals surface area contributed by atoms with Gasteiger partial charge in [0.2, 0.25) is 0 Å². The van der Waals surface area contributed by atoms with E-state index in [4.69, 9.17) is 4.74 Å². The largest absolute Gasteiger partial charge is 0.466 e. The molecule has 0 aromatic carbocycles. The van der Waals surface area contributed by atoms with Gasteiger partial charge in [0.15, 0.2) is 5.78 Å². The number of rotatable bonds is 6. The van der Waals surface area contributed by atoms with Crippen LogP contribution in [0.4, 0.5) is 10.6 Å². The molecule has 0 atom stereocenters. The summed E-state index contributed by atoms with van der Waals surface area (Å²) in [7, 11) is 0. The Morgan fingerprint density at radius 1 is 1.48 bits per heavy atom. The van der Waals surface area contributed by atoms with E-state index in [0.29, 0.717) is 19.0 Å². The first kappa shape index (κ1) is 16.7. The number of nitrogens with one attached hydrogen (secondary N) is 1. The first-order chi connectivity index (χ1) is 11.0. The first-order valence-electron chi connectivity index (χ1n) is 7.38. The van der Waals surface area contributed by atoms with E-state index < -0.39 is 0 Å². The van der Waals surface area contributed by atoms with Gasteiger partial charge in [-0.1, -0.05) is 0 Å². The Labute approximate surface area is 134 Å². The van der Waals surface area contributed by atoms with Crippen LogP contribution in [-0.2, 0) is 20.9 Å². The van der Waals surface area contributed by atoms with Gasteiger partial charge in [-0.2, -0.15) is 0 Å². The van der Waals surface area contributed by atoms with Crippen LogP contribution in [0.25, 0.3) is 6.08 Å². The van der Waals surface area contributed by atoms with E-state index in [1.807, 2.05) is 6.07 Å². The number of fused-ring (bicyclic) bond motifs is 1. The molecule has 0 fully saturated rings. The van der Waals surface area contributed by atoms with Crippen LogP contribution in [0.3, 0.4) is 0 Å². The molecule has 1 N–H and O–H groups in total. The normalized spacial score (nSPS) is 13.7. The van der Waals surface area contributed by atoms with Gasteiger partial charge in [-0.05, 0) is 37.6 Å². The molecule has 0 spiro atoms. The lowest BCUT2D eigenvalue weighted by Crippen LogP contribution is -2.40. The highest BCUT2D eigenvalue weighted by Crippen LogP contribution is 2.22. The van der Waals surface area contributed by atoms with E-state index in [1.165, 1.54) is 17.9 Å². The van der Waals surface area contributed by atoms with Gasteiger partial charge in [0, 0.05) is 18.3 Å². The molecule has 2 amide bonds. The Morgan fingerprint density at radius 3 is 2.96 bits per heavy atom. The van der Waals surface area contributed by atoms with Crippen molar-refractivity contribution in [3.05, 3.63) is 29.5 Å². The maximum Gasteiger partial charge on any atom is 0.323 e. The van der Waals surface area contributed by atoms with Crippen molar-refractivity contribution < 1.29 is 19.1 Å². The number of anilines is 1. The van der Waals surface area contributed by atoms with Crippen LogP contribution in [0.1, 0.15) is 31.4 Å². The fourth-order valence-electron chi connectivity index (χ4n) is 2.16. The second kappa shape index (κ2) is 7.53. The summed E-state index contributed by atoms with van der Waals surface area (Å²) >= 11 is 0. The van der Waals surface area contributed by atoms with E-state index in [0.717, 1.165) is 11.1 Å². The molecule has 0 radical (unpaired) electrons. The molecule has 0 saturated carbocycles. The molecular weight excluding hydrogens is 298 g/mol. The second-order valence-electron chi connectivity index (χ2n) is 5.13. The van der Waals surface area contributed by atoms with Gasteiger partial charge < -0.3 is 9.64 Å². The minimum absolute atomic E-state index is 0.0490. The van der Waals surface area contributed by atoms with Gasteiger partial charge in [-0.25, -0.2) is 9.78 Å². The van der Waals surface area contributed by atoms with Crippen molar-refractivity contribution in [2.24, 2.45) is 0 Å². The number of carbonyl (C=O) groups is 3. The minimum atomic E-state index is -0.331. The number of amides is 2. The molecular formula is C16H19N3O4. The average molecular weight is 317 g/mol. The monoisotopic (exact) mass is 317 g/mol. The topological polar surface area (TPSA) is 88.6 Å². The van der Waals surface area contributed by atoms with E-state index in [9.17, 15) is 14.4 Å². The summed E-state index contributed by atoms with van der Waals surface area (Å²) in [6, 6.07) is 1.57. The van der Waals surface area contributed by atoms with Crippen molar-refractivity contribution in [3.8, 4) is 0 Å². The summed E-state index contributed by atoms with van der Waals surface area (Å²) in [5.41, 5.74) is 1.61. The predicted octanol–water partition coefficient (Wildman–Crippen LogP) is 1.98. The Bertz CT molecular complexity index is 655. The number of esters is 1. The minimum Gasteiger partial charge on any atom is -0.466 e. The van der Waals surface area contributed by atoms with Crippen molar-refractivity contribution in [2.45, 2.75) is 26.8 Å². The number of aromatic nitrogens is 1. The van der Waals surface area contributed by atoms with Crippen molar-refractivity contribution in [3.63, 3.8) is 0 Å². The third kappa shape index (κ3) is 4.64. The second-order valence-corrected chi connectivity index (χ2v) is 5.13. The molecule has 7 heteroatoms. The molecule has 0 bridgehead atoms. The molecule has 2 heterocycles. The summed E-state index contributed by atoms with van der Waals surface area (Å²) in [5, 5.41) is 2.69. The van der Waals surface area contributed by atoms with Crippen molar-refractivity contribution in [1.29, 1.82) is 0 Å². The van der Waals surface area contributed by atoms with Crippen LogP contribution >= 0.6 is 0 Å². The SMILES string of the molecule is CCOC(=O)CCN1Cc2cc(/C=C/C(C)=O)cnc2NC1=O. The Balaban J connectivity index is 2.07. The van der Waals surface area contributed by atoms with Crippen LogP contribution in [-0.4, -0.2) is 40.8 Å². The molecule has 1 aromatic heterocycles. The number of carbonyl (C=O) groups excluding carboxylic acids is 3. The van der Waals surface area contributed by atoms with Gasteiger partial charge in [0.05, 0.1) is 19.6 Å². The Morgan fingerprint density at radius 2 is 2.26 bits per heavy atom. The third-order valence-electron chi connectivity index (χ3n) is 3.26. The molecule has 1 aliphatic rings. The molecule has 0 aliphatic carbocycles. The summed E-state index contributed by atoms with van der Waals surface area (Å²) in [6.45, 7) is 4.17. The predicted molar refractivity (Wildman–Crippen MR) is 84.6 cm³/mol. The van der Waals surface area contributed by atoms with Crippen LogP contribution in [0.5, 0.6) is 0 Å². The lowest BCUT2D eigenvalue weighted by atomic mass is 10.1. The smallest absolute Gasteiger partial charge is 0.323 e. The van der Waals surface area contributed by atoms with E-state index in [1.54, 1.807) is 19.2 Å². The Hall–Kier alpha value is -2.70. The number of pyridine rings is 1. The fraction of sp³-hybridized carbons (Fsp3) is 0.375. The number of nitrogens with zero attached hydrogens (tertiary/aromatic N) is 2. The lowest BCUT2D eigenvalue weighted by molar-refractivity contribution is -0.143. The molecule has 7 nitrogen and oxygen atoms in total. The quantitative estimate of drug-likeness (QED) is 0.640. The van der Waals surface area contributed by atoms with Gasteiger partial charge in [-0.15, -0.1) is 0 Å². The number of ether oxygens (including phenoxy) is 1. The molecule has 1 aliphatic heterocycles. The van der Waals surface area contributed by atoms with Crippen molar-refractivity contribution in [1.82, 2.24) is 9.88 Å². The zero-order chi connectivity index (χ0) is 16.8. The number of urea groups is 1. The highest BCUT2D eigenvalue weighted by atomic mass is 16.5. The third-order valence-corrected chi connectivity index (χ3v) is 3.26. The van der Waals surface area contributed by atoms with Gasteiger partial charge in [0.25, 0.3) is 0 Å².